The topological polar surface area (TPSA) is 75.6 Å². The predicted molar refractivity (Wildman–Crippen MR) is 109 cm³/mol. The van der Waals surface area contributed by atoms with Gasteiger partial charge in [0.25, 0.3) is 11.8 Å². The average Bonchev–Trinajstić information content (AvgIpc) is 2.78. The van der Waals surface area contributed by atoms with E-state index in [1.165, 1.54) is 0 Å². The molecule has 148 valence electrons. The molecular weight excluding hydrogens is 368 g/mol. The zero-order chi connectivity index (χ0) is 20.4. The number of amides is 2. The van der Waals surface area contributed by atoms with Gasteiger partial charge >= 0.3 is 0 Å². The quantitative estimate of drug-likeness (QED) is 0.687. The Morgan fingerprint density at radius 2 is 2.00 bits per heavy atom. The van der Waals surface area contributed by atoms with Crippen molar-refractivity contribution in [3.05, 3.63) is 71.7 Å². The Hall–Kier alpha value is -3.32. The number of ether oxygens (including phenoxy) is 1. The van der Waals surface area contributed by atoms with E-state index in [-0.39, 0.29) is 11.8 Å². The van der Waals surface area contributed by atoms with E-state index in [2.05, 4.69) is 4.98 Å². The first-order valence-electron chi connectivity index (χ1n) is 9.47. The molecule has 0 saturated carbocycles. The first-order chi connectivity index (χ1) is 14.0. The zero-order valence-corrected chi connectivity index (χ0v) is 16.4. The molecule has 7 heteroatoms. The molecular formula is C22H22N4O3. The zero-order valence-electron chi connectivity index (χ0n) is 16.4. The van der Waals surface area contributed by atoms with Gasteiger partial charge in [0.05, 0.1) is 35.5 Å². The maximum absolute atomic E-state index is 12.8. The minimum absolute atomic E-state index is 0.0863. The second kappa shape index (κ2) is 7.97. The molecule has 1 fully saturated rings. The van der Waals surface area contributed by atoms with Gasteiger partial charge in [0.1, 0.15) is 6.10 Å². The van der Waals surface area contributed by atoms with Crippen LogP contribution in [0.2, 0.25) is 0 Å². The first-order valence-corrected chi connectivity index (χ1v) is 9.47. The number of carbonyl (C=O) groups is 2. The lowest BCUT2D eigenvalue weighted by Crippen LogP contribution is -2.42. The molecule has 0 bridgehead atoms. The maximum atomic E-state index is 12.8. The Morgan fingerprint density at radius 1 is 1.17 bits per heavy atom. The molecule has 1 aliphatic rings. The lowest BCUT2D eigenvalue weighted by atomic mass is 10.0. The van der Waals surface area contributed by atoms with Crippen LogP contribution >= 0.6 is 0 Å². The number of pyridine rings is 2. The molecule has 1 saturated heterocycles. The number of nitrogens with zero attached hydrogens (tertiary/aromatic N) is 4. The minimum atomic E-state index is -0.400. The Morgan fingerprint density at radius 3 is 2.76 bits per heavy atom. The van der Waals surface area contributed by atoms with E-state index >= 15 is 0 Å². The lowest BCUT2D eigenvalue weighted by molar-refractivity contribution is -0.0246. The molecule has 29 heavy (non-hydrogen) atoms. The molecule has 3 heterocycles. The smallest absolute Gasteiger partial charge is 0.255 e. The lowest BCUT2D eigenvalue weighted by Gasteiger charge is -2.33. The molecule has 1 atom stereocenters. The van der Waals surface area contributed by atoms with Gasteiger partial charge in [0.15, 0.2) is 0 Å². The Bertz CT molecular complexity index is 1050. The standard InChI is InChI=1S/C22H22N4O3/c1-25(2)22(28)17-12-19(24-18-8-4-3-7-16(17)18)20-14-26(10-11-29-20)21(27)15-6-5-9-23-13-15/h3-9,12-13,20H,10-11,14H2,1-2H3. The van der Waals surface area contributed by atoms with Crippen molar-refractivity contribution in [1.29, 1.82) is 0 Å². The second-order valence-electron chi connectivity index (χ2n) is 7.16. The minimum Gasteiger partial charge on any atom is -0.368 e. The van der Waals surface area contributed by atoms with Crippen LogP contribution < -0.4 is 0 Å². The van der Waals surface area contributed by atoms with Gasteiger partial charge < -0.3 is 14.5 Å². The summed E-state index contributed by atoms with van der Waals surface area (Å²) in [6.45, 7) is 1.28. The van der Waals surface area contributed by atoms with Crippen molar-refractivity contribution in [2.45, 2.75) is 6.10 Å². The number of benzene rings is 1. The van der Waals surface area contributed by atoms with Crippen molar-refractivity contribution < 1.29 is 14.3 Å². The molecule has 0 radical (unpaired) electrons. The van der Waals surface area contributed by atoms with Crippen LogP contribution in [0.25, 0.3) is 10.9 Å². The third-order valence-electron chi connectivity index (χ3n) is 4.96. The van der Waals surface area contributed by atoms with E-state index in [0.29, 0.717) is 36.5 Å². The van der Waals surface area contributed by atoms with E-state index in [4.69, 9.17) is 9.72 Å². The summed E-state index contributed by atoms with van der Waals surface area (Å²) in [5.41, 5.74) is 2.50. The molecule has 1 aliphatic heterocycles. The summed E-state index contributed by atoms with van der Waals surface area (Å²) in [5.74, 6) is -0.180. The van der Waals surface area contributed by atoms with Crippen molar-refractivity contribution in [1.82, 2.24) is 19.8 Å². The second-order valence-corrected chi connectivity index (χ2v) is 7.16. The highest BCUT2D eigenvalue weighted by molar-refractivity contribution is 6.06. The number of fused-ring (bicyclic) bond motifs is 1. The molecule has 1 aromatic carbocycles. The van der Waals surface area contributed by atoms with Gasteiger partial charge in [-0.2, -0.15) is 0 Å². The van der Waals surface area contributed by atoms with Gasteiger partial charge in [-0.05, 0) is 24.3 Å². The third-order valence-corrected chi connectivity index (χ3v) is 4.96. The summed E-state index contributed by atoms with van der Waals surface area (Å²) in [6.07, 6.45) is 2.80. The van der Waals surface area contributed by atoms with E-state index in [1.54, 1.807) is 54.5 Å². The maximum Gasteiger partial charge on any atom is 0.255 e. The number of para-hydroxylation sites is 1. The molecule has 3 aromatic rings. The normalized spacial score (nSPS) is 16.6. The van der Waals surface area contributed by atoms with Gasteiger partial charge in [0, 0.05) is 38.4 Å². The summed E-state index contributed by atoms with van der Waals surface area (Å²) in [7, 11) is 3.45. The Kier molecular flexibility index (Phi) is 5.22. The number of morpholine rings is 1. The SMILES string of the molecule is CN(C)C(=O)c1cc(C2CN(C(=O)c3cccnc3)CCO2)nc2ccccc12. The predicted octanol–water partition coefficient (Wildman–Crippen LogP) is 2.55. The molecule has 2 aromatic heterocycles. The van der Waals surface area contributed by atoms with Crippen molar-refractivity contribution in [2.24, 2.45) is 0 Å². The number of aromatic nitrogens is 2. The highest BCUT2D eigenvalue weighted by atomic mass is 16.5. The largest absolute Gasteiger partial charge is 0.368 e. The Labute approximate surface area is 168 Å². The first kappa shape index (κ1) is 19.0. The van der Waals surface area contributed by atoms with Crippen LogP contribution in [0.3, 0.4) is 0 Å². The summed E-state index contributed by atoms with van der Waals surface area (Å²) in [4.78, 5) is 37.6. The third kappa shape index (κ3) is 3.82. The summed E-state index contributed by atoms with van der Waals surface area (Å²) in [6, 6.07) is 12.8. The van der Waals surface area contributed by atoms with Crippen molar-refractivity contribution >= 4 is 22.7 Å². The van der Waals surface area contributed by atoms with Crippen LogP contribution in [0.15, 0.2) is 54.9 Å². The molecule has 7 nitrogen and oxygen atoms in total. The fraction of sp³-hybridized carbons (Fsp3) is 0.273. The van der Waals surface area contributed by atoms with Crippen molar-refractivity contribution in [3.8, 4) is 0 Å². The number of carbonyl (C=O) groups excluding carboxylic acids is 2. The van der Waals surface area contributed by atoms with Gasteiger partial charge in [-0.25, -0.2) is 4.98 Å². The average molecular weight is 390 g/mol. The van der Waals surface area contributed by atoms with Crippen LogP contribution in [0.5, 0.6) is 0 Å². The number of hydrogen-bond acceptors (Lipinski definition) is 5. The molecule has 0 N–H and O–H groups in total. The van der Waals surface area contributed by atoms with Crippen molar-refractivity contribution in [2.75, 3.05) is 33.8 Å². The summed E-state index contributed by atoms with van der Waals surface area (Å²) >= 11 is 0. The van der Waals surface area contributed by atoms with Gasteiger partial charge in [-0.15, -0.1) is 0 Å². The van der Waals surface area contributed by atoms with E-state index in [0.717, 1.165) is 10.9 Å². The monoisotopic (exact) mass is 390 g/mol. The summed E-state index contributed by atoms with van der Waals surface area (Å²) in [5, 5.41) is 0.800. The molecule has 0 spiro atoms. The molecule has 1 unspecified atom stereocenters. The van der Waals surface area contributed by atoms with Crippen LogP contribution in [0.1, 0.15) is 32.5 Å². The van der Waals surface area contributed by atoms with Gasteiger partial charge in [-0.1, -0.05) is 18.2 Å². The van der Waals surface area contributed by atoms with Crippen molar-refractivity contribution in [3.63, 3.8) is 0 Å². The van der Waals surface area contributed by atoms with Crippen LogP contribution in [0.4, 0.5) is 0 Å². The molecule has 2 amide bonds. The molecule has 0 aliphatic carbocycles. The fourth-order valence-electron chi connectivity index (χ4n) is 3.46. The highest BCUT2D eigenvalue weighted by Crippen LogP contribution is 2.27. The van der Waals surface area contributed by atoms with E-state index < -0.39 is 6.10 Å². The van der Waals surface area contributed by atoms with Gasteiger partial charge in [0.2, 0.25) is 0 Å². The summed E-state index contributed by atoms with van der Waals surface area (Å²) < 4.78 is 5.93. The van der Waals surface area contributed by atoms with E-state index in [1.807, 2.05) is 24.3 Å². The van der Waals surface area contributed by atoms with E-state index in [9.17, 15) is 9.59 Å². The van der Waals surface area contributed by atoms with Crippen LogP contribution in [0, 0.1) is 0 Å². The fourth-order valence-corrected chi connectivity index (χ4v) is 3.46. The van der Waals surface area contributed by atoms with Crippen LogP contribution in [-0.2, 0) is 4.74 Å². The Balaban J connectivity index is 1.67. The highest BCUT2D eigenvalue weighted by Gasteiger charge is 2.28. The number of rotatable bonds is 3. The number of hydrogen-bond donors (Lipinski definition) is 0. The van der Waals surface area contributed by atoms with Crippen LogP contribution in [-0.4, -0.2) is 65.4 Å². The molecule has 4 rings (SSSR count). The van der Waals surface area contributed by atoms with Gasteiger partial charge in [-0.3, -0.25) is 14.6 Å².